The Balaban J connectivity index is 1.48. The quantitative estimate of drug-likeness (QED) is 0.787. The van der Waals surface area contributed by atoms with E-state index in [1.807, 2.05) is 30.3 Å². The summed E-state index contributed by atoms with van der Waals surface area (Å²) in [4.78, 5) is 16.1. The number of carbonyl (C=O) groups excluding carboxylic acids is 1. The smallest absolute Gasteiger partial charge is 0.227 e. The van der Waals surface area contributed by atoms with Gasteiger partial charge in [-0.3, -0.25) is 9.69 Å². The minimum absolute atomic E-state index is 0.0785. The minimum atomic E-state index is -0.489. The molecule has 154 valence electrons. The number of halogens is 1. The molecule has 2 heterocycles. The number of amides is 1. The van der Waals surface area contributed by atoms with Crippen molar-refractivity contribution < 1.29 is 18.7 Å². The maximum Gasteiger partial charge on any atom is 0.227 e. The van der Waals surface area contributed by atoms with Crippen LogP contribution in [0.4, 0.5) is 4.39 Å². The minimum Gasteiger partial charge on any atom is -0.460 e. The van der Waals surface area contributed by atoms with Gasteiger partial charge >= 0.3 is 0 Å². The molecule has 4 rings (SSSR count). The maximum absolute atomic E-state index is 14.2. The highest BCUT2D eigenvalue weighted by atomic mass is 19.1. The van der Waals surface area contributed by atoms with Gasteiger partial charge in [0, 0.05) is 43.2 Å². The van der Waals surface area contributed by atoms with Crippen LogP contribution >= 0.6 is 0 Å². The average molecular weight is 398 g/mol. The molecular formula is C23H27FN2O3. The fraction of sp³-hybridized carbons (Fsp3) is 0.435. The van der Waals surface area contributed by atoms with Crippen LogP contribution in [0.3, 0.4) is 0 Å². The van der Waals surface area contributed by atoms with Crippen molar-refractivity contribution in [2.24, 2.45) is 5.92 Å². The largest absolute Gasteiger partial charge is 0.460 e. The molecule has 0 spiro atoms. The van der Waals surface area contributed by atoms with E-state index in [0.717, 1.165) is 48.4 Å². The lowest BCUT2D eigenvalue weighted by atomic mass is 9.95. The number of hydrogen-bond acceptors (Lipinski definition) is 4. The number of likely N-dealkylation sites (tertiary alicyclic amines) is 1. The molecule has 0 bridgehead atoms. The Bertz CT molecular complexity index is 864. The van der Waals surface area contributed by atoms with Crippen molar-refractivity contribution in [3.63, 3.8) is 0 Å². The van der Waals surface area contributed by atoms with Crippen LogP contribution in [0.15, 0.2) is 42.5 Å². The van der Waals surface area contributed by atoms with Gasteiger partial charge in [0.15, 0.2) is 0 Å². The zero-order valence-electron chi connectivity index (χ0n) is 16.9. The van der Waals surface area contributed by atoms with Crippen molar-refractivity contribution in [1.29, 1.82) is 0 Å². The summed E-state index contributed by atoms with van der Waals surface area (Å²) in [5.41, 5.74) is 2.52. The predicted molar refractivity (Wildman–Crippen MR) is 108 cm³/mol. The topological polar surface area (TPSA) is 42.0 Å². The average Bonchev–Trinajstić information content (AvgIpc) is 2.74. The molecule has 2 aliphatic heterocycles. The summed E-state index contributed by atoms with van der Waals surface area (Å²) in [7, 11) is 3.60. The van der Waals surface area contributed by atoms with E-state index >= 15 is 0 Å². The highest BCUT2D eigenvalue weighted by molar-refractivity contribution is 5.78. The van der Waals surface area contributed by atoms with E-state index < -0.39 is 6.29 Å². The van der Waals surface area contributed by atoms with Gasteiger partial charge in [0.05, 0.1) is 6.61 Å². The maximum atomic E-state index is 14.2. The van der Waals surface area contributed by atoms with Gasteiger partial charge < -0.3 is 14.4 Å². The van der Waals surface area contributed by atoms with Gasteiger partial charge in [0.1, 0.15) is 11.6 Å². The van der Waals surface area contributed by atoms with Gasteiger partial charge in [-0.2, -0.15) is 0 Å². The molecule has 0 saturated carbocycles. The van der Waals surface area contributed by atoms with Crippen LogP contribution in [-0.4, -0.2) is 42.9 Å². The van der Waals surface area contributed by atoms with Gasteiger partial charge in [-0.25, -0.2) is 4.39 Å². The number of hydrogen-bond donors (Lipinski definition) is 0. The van der Waals surface area contributed by atoms with E-state index in [9.17, 15) is 9.18 Å². The molecule has 1 atom stereocenters. The first-order valence-electron chi connectivity index (χ1n) is 10.1. The third-order valence-electron chi connectivity index (χ3n) is 5.67. The molecule has 0 radical (unpaired) electrons. The second-order valence-electron chi connectivity index (χ2n) is 8.01. The van der Waals surface area contributed by atoms with Gasteiger partial charge in [-0.15, -0.1) is 0 Å². The molecule has 0 aromatic heterocycles. The molecule has 0 aliphatic carbocycles. The van der Waals surface area contributed by atoms with Gasteiger partial charge in [0.2, 0.25) is 12.2 Å². The molecule has 29 heavy (non-hydrogen) atoms. The lowest BCUT2D eigenvalue weighted by Gasteiger charge is -2.34. The Hall–Kier alpha value is -2.44. The van der Waals surface area contributed by atoms with Crippen molar-refractivity contribution in [3.8, 4) is 5.75 Å². The SMILES string of the molecule is CN(C)C(=O)C1CCN(Cc2cc(F)cc3c2OC(c2ccccc2)OC3)CC1. The summed E-state index contributed by atoms with van der Waals surface area (Å²) in [5.74, 6) is 0.716. The summed E-state index contributed by atoms with van der Waals surface area (Å²) < 4.78 is 26.2. The first-order valence-corrected chi connectivity index (χ1v) is 10.1. The number of carbonyl (C=O) groups is 1. The highest BCUT2D eigenvalue weighted by Crippen LogP contribution is 2.37. The van der Waals surface area contributed by atoms with E-state index in [1.165, 1.54) is 6.07 Å². The first-order chi connectivity index (χ1) is 14.0. The van der Waals surface area contributed by atoms with Crippen LogP contribution in [-0.2, 0) is 22.7 Å². The van der Waals surface area contributed by atoms with Crippen LogP contribution in [0.25, 0.3) is 0 Å². The normalized spacial score (nSPS) is 20.0. The zero-order chi connectivity index (χ0) is 20.4. The molecule has 1 amide bonds. The fourth-order valence-corrected chi connectivity index (χ4v) is 4.11. The van der Waals surface area contributed by atoms with Crippen molar-refractivity contribution in [2.75, 3.05) is 27.2 Å². The highest BCUT2D eigenvalue weighted by Gasteiger charge is 2.29. The molecule has 5 nitrogen and oxygen atoms in total. The Morgan fingerprint density at radius 2 is 1.90 bits per heavy atom. The number of nitrogens with zero attached hydrogens (tertiary/aromatic N) is 2. The summed E-state index contributed by atoms with van der Waals surface area (Å²) in [6.45, 7) is 2.55. The molecule has 0 N–H and O–H groups in total. The number of rotatable bonds is 4. The first kappa shape index (κ1) is 19.9. The van der Waals surface area contributed by atoms with Crippen LogP contribution in [0.1, 0.15) is 35.8 Å². The van der Waals surface area contributed by atoms with Crippen LogP contribution in [0.2, 0.25) is 0 Å². The molecule has 1 unspecified atom stereocenters. The summed E-state index contributed by atoms with van der Waals surface area (Å²) in [6, 6.07) is 12.8. The lowest BCUT2D eigenvalue weighted by molar-refractivity contribution is -0.134. The van der Waals surface area contributed by atoms with E-state index in [4.69, 9.17) is 9.47 Å². The zero-order valence-corrected chi connectivity index (χ0v) is 16.9. The molecule has 1 fully saturated rings. The Morgan fingerprint density at radius 3 is 2.59 bits per heavy atom. The molecule has 6 heteroatoms. The van der Waals surface area contributed by atoms with Crippen molar-refractivity contribution in [3.05, 3.63) is 65.0 Å². The van der Waals surface area contributed by atoms with Crippen LogP contribution in [0.5, 0.6) is 5.75 Å². The molecule has 2 aromatic rings. The Labute approximate surface area is 171 Å². The van der Waals surface area contributed by atoms with Crippen molar-refractivity contribution in [2.45, 2.75) is 32.3 Å². The number of benzene rings is 2. The van der Waals surface area contributed by atoms with Gasteiger partial charge in [0.25, 0.3) is 0 Å². The molecular weight excluding hydrogens is 371 g/mol. The summed E-state index contributed by atoms with van der Waals surface area (Å²) in [6.07, 6.45) is 1.16. The molecule has 2 aliphatic rings. The fourth-order valence-electron chi connectivity index (χ4n) is 4.11. The van der Waals surface area contributed by atoms with Gasteiger partial charge in [-0.1, -0.05) is 30.3 Å². The second kappa shape index (κ2) is 8.51. The second-order valence-corrected chi connectivity index (χ2v) is 8.01. The lowest BCUT2D eigenvalue weighted by Crippen LogP contribution is -2.39. The van der Waals surface area contributed by atoms with E-state index in [0.29, 0.717) is 13.2 Å². The third kappa shape index (κ3) is 4.43. The van der Waals surface area contributed by atoms with Gasteiger partial charge in [-0.05, 0) is 38.1 Å². The Morgan fingerprint density at radius 1 is 1.17 bits per heavy atom. The monoisotopic (exact) mass is 398 g/mol. The standard InChI is InChI=1S/C23H27FN2O3/c1-25(2)22(27)16-8-10-26(11-9-16)14-18-12-20(24)13-19-15-28-23(29-21(18)19)17-6-4-3-5-7-17/h3-7,12-13,16,23H,8-11,14-15H2,1-2H3. The van der Waals surface area contributed by atoms with Crippen molar-refractivity contribution >= 4 is 5.91 Å². The Kier molecular flexibility index (Phi) is 5.83. The summed E-state index contributed by atoms with van der Waals surface area (Å²) in [5, 5.41) is 0. The molecule has 2 aromatic carbocycles. The van der Waals surface area contributed by atoms with Crippen LogP contribution < -0.4 is 4.74 Å². The summed E-state index contributed by atoms with van der Waals surface area (Å²) >= 11 is 0. The van der Waals surface area contributed by atoms with Crippen molar-refractivity contribution in [1.82, 2.24) is 9.80 Å². The van der Waals surface area contributed by atoms with E-state index in [-0.39, 0.29) is 17.6 Å². The predicted octanol–water partition coefficient (Wildman–Crippen LogP) is 3.73. The van der Waals surface area contributed by atoms with E-state index in [2.05, 4.69) is 4.90 Å². The molecule has 1 saturated heterocycles. The van der Waals surface area contributed by atoms with E-state index in [1.54, 1.807) is 25.1 Å². The number of fused-ring (bicyclic) bond motifs is 1. The number of piperidine rings is 1. The number of ether oxygens (including phenoxy) is 2. The third-order valence-corrected chi connectivity index (χ3v) is 5.67. The van der Waals surface area contributed by atoms with Crippen LogP contribution in [0, 0.1) is 11.7 Å².